The van der Waals surface area contributed by atoms with Crippen LogP contribution < -0.4 is 10.2 Å². The molecule has 7 heteroatoms. The number of methoxy groups -OCH3 is 1. The third-order valence-electron chi connectivity index (χ3n) is 3.68. The van der Waals surface area contributed by atoms with Crippen LogP contribution in [-0.2, 0) is 20.9 Å². The number of nitrogens with one attached hydrogen (secondary N) is 1. The first-order valence-corrected chi connectivity index (χ1v) is 8.26. The minimum atomic E-state index is -0.466. The van der Waals surface area contributed by atoms with E-state index in [1.807, 2.05) is 12.1 Å². The van der Waals surface area contributed by atoms with Crippen molar-refractivity contribution in [3.63, 3.8) is 0 Å². The summed E-state index contributed by atoms with van der Waals surface area (Å²) in [5, 5.41) is 3.39. The average Bonchev–Trinajstić information content (AvgIpc) is 2.65. The zero-order valence-corrected chi connectivity index (χ0v) is 15.2. The highest BCUT2D eigenvalue weighted by Crippen LogP contribution is 2.16. The fourth-order valence-electron chi connectivity index (χ4n) is 2.28. The Kier molecular flexibility index (Phi) is 6.74. The predicted molar refractivity (Wildman–Crippen MR) is 99.1 cm³/mol. The van der Waals surface area contributed by atoms with Crippen molar-refractivity contribution in [3.05, 3.63) is 64.7 Å². The van der Waals surface area contributed by atoms with Crippen LogP contribution in [-0.4, -0.2) is 31.4 Å². The highest BCUT2D eigenvalue weighted by molar-refractivity contribution is 6.30. The summed E-state index contributed by atoms with van der Waals surface area (Å²) in [6, 6.07) is 13.4. The molecule has 0 fully saturated rings. The maximum absolute atomic E-state index is 12.2. The van der Waals surface area contributed by atoms with Gasteiger partial charge in [-0.15, -0.1) is 0 Å². The quantitative estimate of drug-likeness (QED) is 0.789. The number of hydrogen-bond donors (Lipinski definition) is 1. The summed E-state index contributed by atoms with van der Waals surface area (Å²) in [6.45, 7) is 1.59. The van der Waals surface area contributed by atoms with Crippen LogP contribution >= 0.6 is 11.6 Å². The van der Waals surface area contributed by atoms with Crippen LogP contribution in [0, 0.1) is 0 Å². The Hall–Kier alpha value is -2.86. The van der Waals surface area contributed by atoms with Gasteiger partial charge < -0.3 is 15.0 Å². The summed E-state index contributed by atoms with van der Waals surface area (Å²) in [5.74, 6) is -1.05. The summed E-state index contributed by atoms with van der Waals surface area (Å²) < 4.78 is 4.64. The van der Waals surface area contributed by atoms with E-state index in [1.165, 1.54) is 18.9 Å². The molecule has 0 aromatic heterocycles. The van der Waals surface area contributed by atoms with E-state index in [1.54, 1.807) is 36.4 Å². The molecule has 0 saturated carbocycles. The van der Waals surface area contributed by atoms with Crippen molar-refractivity contribution < 1.29 is 19.1 Å². The number of carbonyl (C=O) groups is 3. The van der Waals surface area contributed by atoms with Crippen LogP contribution in [0.15, 0.2) is 48.5 Å². The van der Waals surface area contributed by atoms with Crippen LogP contribution in [0.25, 0.3) is 0 Å². The number of benzene rings is 2. The smallest absolute Gasteiger partial charge is 0.337 e. The highest BCUT2D eigenvalue weighted by Gasteiger charge is 2.16. The maximum Gasteiger partial charge on any atom is 0.337 e. The zero-order valence-electron chi connectivity index (χ0n) is 14.5. The number of rotatable bonds is 6. The van der Waals surface area contributed by atoms with Crippen molar-refractivity contribution in [1.82, 2.24) is 5.32 Å². The second kappa shape index (κ2) is 9.01. The number of nitrogens with zero attached hydrogens (tertiary/aromatic N) is 1. The maximum atomic E-state index is 12.2. The molecule has 2 rings (SSSR count). The summed E-state index contributed by atoms with van der Waals surface area (Å²) >= 11 is 5.83. The fourth-order valence-corrected chi connectivity index (χ4v) is 2.41. The van der Waals surface area contributed by atoms with Crippen LogP contribution in [0.4, 0.5) is 5.69 Å². The molecule has 1 N–H and O–H groups in total. The minimum Gasteiger partial charge on any atom is -0.465 e. The fraction of sp³-hybridized carbons (Fsp3) is 0.211. The van der Waals surface area contributed by atoms with Gasteiger partial charge in [-0.05, 0) is 42.0 Å². The molecule has 0 unspecified atom stereocenters. The van der Waals surface area contributed by atoms with E-state index in [4.69, 9.17) is 11.6 Å². The van der Waals surface area contributed by atoms with Crippen LogP contribution in [0.1, 0.15) is 22.8 Å². The Morgan fingerprint density at radius 2 is 1.65 bits per heavy atom. The number of halogens is 1. The standard InChI is InChI=1S/C19H19ClN2O4/c1-13(23)22(17-9-5-15(6-10-17)19(25)26-2)12-18(24)21-11-14-3-7-16(20)8-4-14/h3-10H,11-12H2,1-2H3,(H,21,24). The molecule has 0 radical (unpaired) electrons. The van der Waals surface area contributed by atoms with Crippen LogP contribution in [0.2, 0.25) is 5.02 Å². The predicted octanol–water partition coefficient (Wildman–Crippen LogP) is 2.80. The van der Waals surface area contributed by atoms with E-state index >= 15 is 0 Å². The third-order valence-corrected chi connectivity index (χ3v) is 3.94. The molecule has 2 amide bonds. The molecule has 0 aliphatic rings. The summed E-state index contributed by atoms with van der Waals surface area (Å²) in [4.78, 5) is 36.9. The first kappa shape index (κ1) is 19.5. The van der Waals surface area contributed by atoms with Crippen molar-refractivity contribution in [2.45, 2.75) is 13.5 Å². The van der Waals surface area contributed by atoms with Crippen molar-refractivity contribution in [2.24, 2.45) is 0 Å². The van der Waals surface area contributed by atoms with E-state index in [2.05, 4.69) is 10.1 Å². The lowest BCUT2D eigenvalue weighted by atomic mass is 10.2. The topological polar surface area (TPSA) is 75.7 Å². The van der Waals surface area contributed by atoms with E-state index in [0.717, 1.165) is 5.56 Å². The molecule has 0 aliphatic heterocycles. The Balaban J connectivity index is 2.00. The summed E-state index contributed by atoms with van der Waals surface area (Å²) in [5.41, 5.74) is 1.79. The van der Waals surface area contributed by atoms with E-state index in [-0.39, 0.29) is 18.4 Å². The van der Waals surface area contributed by atoms with Gasteiger partial charge in [-0.1, -0.05) is 23.7 Å². The molecule has 2 aromatic carbocycles. The number of amides is 2. The Labute approximate surface area is 156 Å². The zero-order chi connectivity index (χ0) is 19.1. The summed E-state index contributed by atoms with van der Waals surface area (Å²) in [7, 11) is 1.29. The minimum absolute atomic E-state index is 0.125. The van der Waals surface area contributed by atoms with E-state index < -0.39 is 5.97 Å². The van der Waals surface area contributed by atoms with Gasteiger partial charge in [-0.3, -0.25) is 9.59 Å². The van der Waals surface area contributed by atoms with Crippen molar-refractivity contribution in [1.29, 1.82) is 0 Å². The number of ether oxygens (including phenoxy) is 1. The van der Waals surface area contributed by atoms with Gasteiger partial charge in [0.1, 0.15) is 6.54 Å². The van der Waals surface area contributed by atoms with Gasteiger partial charge in [0.15, 0.2) is 0 Å². The summed E-state index contributed by atoms with van der Waals surface area (Å²) in [6.07, 6.45) is 0. The van der Waals surface area contributed by atoms with Crippen molar-refractivity contribution >= 4 is 35.1 Å². The Morgan fingerprint density at radius 3 is 2.19 bits per heavy atom. The van der Waals surface area contributed by atoms with Crippen LogP contribution in [0.3, 0.4) is 0 Å². The lowest BCUT2D eigenvalue weighted by Gasteiger charge is -2.21. The molecule has 2 aromatic rings. The third kappa shape index (κ3) is 5.32. The second-order valence-electron chi connectivity index (χ2n) is 5.55. The van der Waals surface area contributed by atoms with Gasteiger partial charge in [-0.25, -0.2) is 4.79 Å². The molecule has 0 bridgehead atoms. The van der Waals surface area contributed by atoms with Crippen molar-refractivity contribution in [3.8, 4) is 0 Å². The van der Waals surface area contributed by atoms with Gasteiger partial charge in [0.25, 0.3) is 0 Å². The first-order valence-electron chi connectivity index (χ1n) is 7.88. The number of esters is 1. The number of anilines is 1. The molecule has 26 heavy (non-hydrogen) atoms. The Morgan fingerprint density at radius 1 is 1.04 bits per heavy atom. The molecule has 136 valence electrons. The van der Waals surface area contributed by atoms with Gasteiger partial charge in [0.05, 0.1) is 12.7 Å². The van der Waals surface area contributed by atoms with E-state index in [9.17, 15) is 14.4 Å². The van der Waals surface area contributed by atoms with Crippen molar-refractivity contribution in [2.75, 3.05) is 18.6 Å². The van der Waals surface area contributed by atoms with Crippen LogP contribution in [0.5, 0.6) is 0 Å². The normalized spacial score (nSPS) is 10.1. The molecular formula is C19H19ClN2O4. The average molecular weight is 375 g/mol. The largest absolute Gasteiger partial charge is 0.465 e. The monoisotopic (exact) mass is 374 g/mol. The molecule has 0 atom stereocenters. The van der Waals surface area contributed by atoms with Gasteiger partial charge in [0.2, 0.25) is 11.8 Å². The first-order chi connectivity index (χ1) is 12.4. The van der Waals surface area contributed by atoms with Gasteiger partial charge >= 0.3 is 5.97 Å². The molecule has 0 heterocycles. The van der Waals surface area contributed by atoms with Gasteiger partial charge in [-0.2, -0.15) is 0 Å². The molecule has 0 saturated heterocycles. The van der Waals surface area contributed by atoms with Gasteiger partial charge in [0, 0.05) is 24.2 Å². The molecule has 0 aliphatic carbocycles. The second-order valence-corrected chi connectivity index (χ2v) is 5.98. The lowest BCUT2D eigenvalue weighted by Crippen LogP contribution is -2.39. The highest BCUT2D eigenvalue weighted by atomic mass is 35.5. The number of carbonyl (C=O) groups excluding carboxylic acids is 3. The SMILES string of the molecule is COC(=O)c1ccc(N(CC(=O)NCc2ccc(Cl)cc2)C(C)=O)cc1. The number of hydrogen-bond acceptors (Lipinski definition) is 4. The molecule has 6 nitrogen and oxygen atoms in total. The molecule has 0 spiro atoms. The van der Waals surface area contributed by atoms with E-state index in [0.29, 0.717) is 22.8 Å². The molecular weight excluding hydrogens is 356 g/mol. The lowest BCUT2D eigenvalue weighted by molar-refractivity contribution is -0.123. The Bertz CT molecular complexity index is 788.